The summed E-state index contributed by atoms with van der Waals surface area (Å²) in [5.41, 5.74) is 0. The maximum absolute atomic E-state index is 3.63. The predicted molar refractivity (Wildman–Crippen MR) is 67.0 cm³/mol. The van der Waals surface area contributed by atoms with Gasteiger partial charge in [0.15, 0.2) is 5.08 Å². The van der Waals surface area contributed by atoms with Gasteiger partial charge in [-0.1, -0.05) is 13.3 Å². The molecule has 76 valence electrons. The molecule has 0 fully saturated rings. The highest BCUT2D eigenvalue weighted by molar-refractivity contribution is 9.14. The van der Waals surface area contributed by atoms with E-state index in [2.05, 4.69) is 71.6 Å². The molecule has 0 aromatic rings. The van der Waals surface area contributed by atoms with Crippen molar-refractivity contribution in [3.63, 3.8) is 0 Å². The van der Waals surface area contributed by atoms with Gasteiger partial charge in [0.25, 0.3) is 0 Å². The average Bonchev–Trinajstić information content (AvgIpc) is 2.30. The molecule has 0 N–H and O–H groups in total. The quantitative estimate of drug-likeness (QED) is 0.548. The second-order valence-corrected chi connectivity index (χ2v) is 5.37. The first-order valence-corrected chi connectivity index (χ1v) is 6.78. The molecule has 0 aromatic carbocycles. The lowest BCUT2D eigenvalue weighted by Gasteiger charge is -2.26. The molecule has 0 saturated carbocycles. The Balaban J connectivity index is 2.65. The third-order valence-electron chi connectivity index (χ3n) is 2.06. The summed E-state index contributed by atoms with van der Waals surface area (Å²) < 4.78 is 2.23. The molecule has 5 heteroatoms. The summed E-state index contributed by atoms with van der Waals surface area (Å²) in [6.07, 6.45) is 2.43. The number of rotatable bonds is 3. The highest BCUT2D eigenvalue weighted by atomic mass is 79.9. The van der Waals surface area contributed by atoms with E-state index < -0.39 is 0 Å². The fourth-order valence-electron chi connectivity index (χ4n) is 1.19. The molecule has 0 radical (unpaired) electrons. The van der Waals surface area contributed by atoms with Gasteiger partial charge in [-0.2, -0.15) is 0 Å². The van der Waals surface area contributed by atoms with E-state index in [4.69, 9.17) is 0 Å². The summed E-state index contributed by atoms with van der Waals surface area (Å²) in [7, 11) is 2.05. The van der Waals surface area contributed by atoms with E-state index in [1.807, 2.05) is 0 Å². The van der Waals surface area contributed by atoms with Gasteiger partial charge in [0.2, 0.25) is 0 Å². The molecule has 0 saturated heterocycles. The molecular weight excluding hydrogens is 364 g/mol. The lowest BCUT2D eigenvalue weighted by molar-refractivity contribution is 0.261. The summed E-state index contributed by atoms with van der Waals surface area (Å²) in [6.45, 7) is 3.28. The molecule has 1 aliphatic heterocycles. The zero-order valence-electron chi connectivity index (χ0n) is 7.73. The fourth-order valence-corrected chi connectivity index (χ4v) is 3.43. The number of nitrogens with zero attached hydrogens (tertiary/aromatic N) is 2. The number of halogens is 3. The molecule has 1 aliphatic rings. The highest BCUT2D eigenvalue weighted by Gasteiger charge is 2.31. The number of hydrogen-bond acceptors (Lipinski definition) is 2. The molecule has 0 aliphatic carbocycles. The summed E-state index contributed by atoms with van der Waals surface area (Å²) in [5, 5.41) is 0.266. The van der Waals surface area contributed by atoms with E-state index in [9.17, 15) is 0 Å². The van der Waals surface area contributed by atoms with Gasteiger partial charge in [0.05, 0.1) is 0 Å². The number of unbranched alkanes of at least 4 members (excludes halogenated alkanes) is 1. The largest absolute Gasteiger partial charge is 0.337 e. The lowest BCUT2D eigenvalue weighted by Crippen LogP contribution is -2.32. The molecule has 0 amide bonds. The van der Waals surface area contributed by atoms with Crippen LogP contribution in [0.25, 0.3) is 0 Å². The van der Waals surface area contributed by atoms with Gasteiger partial charge < -0.3 is 9.80 Å². The predicted octanol–water partition coefficient (Wildman–Crippen LogP) is 3.63. The molecule has 13 heavy (non-hydrogen) atoms. The first kappa shape index (κ1) is 11.9. The van der Waals surface area contributed by atoms with E-state index in [0.29, 0.717) is 0 Å². The van der Waals surface area contributed by atoms with Crippen molar-refractivity contribution in [3.05, 3.63) is 9.21 Å². The fraction of sp³-hybridized carbons (Fsp3) is 0.750. The van der Waals surface area contributed by atoms with Crippen molar-refractivity contribution in [1.82, 2.24) is 9.80 Å². The van der Waals surface area contributed by atoms with Gasteiger partial charge in [0, 0.05) is 13.6 Å². The van der Waals surface area contributed by atoms with Crippen molar-refractivity contribution >= 4 is 47.8 Å². The lowest BCUT2D eigenvalue weighted by atomic mass is 10.3. The minimum atomic E-state index is 0.266. The van der Waals surface area contributed by atoms with E-state index in [-0.39, 0.29) is 5.08 Å². The van der Waals surface area contributed by atoms with Crippen LogP contribution in [0.3, 0.4) is 0 Å². The first-order chi connectivity index (χ1) is 6.09. The van der Waals surface area contributed by atoms with Gasteiger partial charge in [-0.05, 0) is 54.2 Å². The summed E-state index contributed by atoms with van der Waals surface area (Å²) in [5.74, 6) is 0. The molecule has 0 bridgehead atoms. The van der Waals surface area contributed by atoms with Gasteiger partial charge in [-0.25, -0.2) is 0 Å². The highest BCUT2D eigenvalue weighted by Crippen LogP contribution is 2.37. The zero-order chi connectivity index (χ0) is 10.0. The van der Waals surface area contributed by atoms with Gasteiger partial charge in [-0.3, -0.25) is 0 Å². The second-order valence-electron chi connectivity index (χ2n) is 3.05. The van der Waals surface area contributed by atoms with E-state index >= 15 is 0 Å². The second kappa shape index (κ2) is 5.03. The van der Waals surface area contributed by atoms with Crippen LogP contribution in [0, 0.1) is 0 Å². The van der Waals surface area contributed by atoms with Crippen molar-refractivity contribution in [2.45, 2.75) is 24.8 Å². The molecule has 1 atom stereocenters. The minimum Gasteiger partial charge on any atom is -0.337 e. The van der Waals surface area contributed by atoms with Crippen LogP contribution >= 0.6 is 47.8 Å². The maximum Gasteiger partial charge on any atom is 0.160 e. The van der Waals surface area contributed by atoms with Crippen molar-refractivity contribution in [2.75, 3.05) is 13.6 Å². The molecule has 1 unspecified atom stereocenters. The molecular formula is C8H13Br3N2. The molecule has 0 aromatic heterocycles. The Bertz CT molecular complexity index is 217. The van der Waals surface area contributed by atoms with Gasteiger partial charge >= 0.3 is 0 Å². The van der Waals surface area contributed by atoms with Crippen LogP contribution < -0.4 is 0 Å². The summed E-state index contributed by atoms with van der Waals surface area (Å²) in [6, 6.07) is 0. The third-order valence-corrected chi connectivity index (χ3v) is 5.47. The van der Waals surface area contributed by atoms with Crippen LogP contribution in [-0.2, 0) is 0 Å². The van der Waals surface area contributed by atoms with Crippen LogP contribution in [0.15, 0.2) is 9.21 Å². The molecule has 1 heterocycles. The zero-order valence-corrected chi connectivity index (χ0v) is 12.5. The van der Waals surface area contributed by atoms with Gasteiger partial charge in [0.1, 0.15) is 9.21 Å². The van der Waals surface area contributed by atoms with Gasteiger partial charge in [-0.15, -0.1) is 0 Å². The van der Waals surface area contributed by atoms with Crippen LogP contribution in [0.1, 0.15) is 19.8 Å². The topological polar surface area (TPSA) is 6.48 Å². The average molecular weight is 377 g/mol. The third kappa shape index (κ3) is 2.42. The van der Waals surface area contributed by atoms with Crippen molar-refractivity contribution in [2.24, 2.45) is 0 Å². The smallest absolute Gasteiger partial charge is 0.160 e. The van der Waals surface area contributed by atoms with Crippen molar-refractivity contribution < 1.29 is 0 Å². The summed E-state index contributed by atoms with van der Waals surface area (Å²) >= 11 is 10.7. The van der Waals surface area contributed by atoms with Crippen LogP contribution in [0.2, 0.25) is 0 Å². The number of alkyl halides is 1. The Kier molecular flexibility index (Phi) is 4.58. The molecule has 1 rings (SSSR count). The van der Waals surface area contributed by atoms with Crippen molar-refractivity contribution in [3.8, 4) is 0 Å². The monoisotopic (exact) mass is 374 g/mol. The van der Waals surface area contributed by atoms with E-state index in [0.717, 1.165) is 15.8 Å². The Labute approximate surface area is 105 Å². The standard InChI is InChI=1S/C8H13Br3N2/c1-3-4-5-13-7(10)6(9)12(2)8(13)11/h8H,3-5H2,1-2H3. The SMILES string of the molecule is CCCCN1C(Br)=C(Br)N(C)C1Br. The molecule has 0 spiro atoms. The Hall–Kier alpha value is 0.780. The number of hydrogen-bond donors (Lipinski definition) is 0. The van der Waals surface area contributed by atoms with Crippen LogP contribution in [0.4, 0.5) is 0 Å². The minimum absolute atomic E-state index is 0.266. The first-order valence-electron chi connectivity index (χ1n) is 4.28. The Morgan fingerprint density at radius 2 is 1.92 bits per heavy atom. The maximum atomic E-state index is 3.63. The summed E-state index contributed by atoms with van der Waals surface area (Å²) in [4.78, 5) is 4.42. The van der Waals surface area contributed by atoms with Crippen LogP contribution in [-0.4, -0.2) is 28.5 Å². The normalized spacial score (nSPS) is 23.3. The van der Waals surface area contributed by atoms with E-state index in [1.165, 1.54) is 12.8 Å². The Morgan fingerprint density at radius 3 is 2.31 bits per heavy atom. The van der Waals surface area contributed by atoms with Crippen molar-refractivity contribution in [1.29, 1.82) is 0 Å². The van der Waals surface area contributed by atoms with Crippen LogP contribution in [0.5, 0.6) is 0 Å². The Morgan fingerprint density at radius 1 is 1.31 bits per heavy atom. The molecule has 2 nitrogen and oxygen atoms in total. The van der Waals surface area contributed by atoms with E-state index in [1.54, 1.807) is 0 Å².